The first-order valence-corrected chi connectivity index (χ1v) is 4.91. The van der Waals surface area contributed by atoms with Gasteiger partial charge in [-0.1, -0.05) is 11.6 Å². The molecule has 2 atom stereocenters. The van der Waals surface area contributed by atoms with Gasteiger partial charge < -0.3 is 10.4 Å². The van der Waals surface area contributed by atoms with Crippen molar-refractivity contribution in [1.82, 2.24) is 5.32 Å². The number of hydrogen-bond donors (Lipinski definition) is 2. The molecule has 72 valence electrons. The van der Waals surface area contributed by atoms with Crippen molar-refractivity contribution in [1.29, 1.82) is 0 Å². The lowest BCUT2D eigenvalue weighted by Crippen LogP contribution is -2.33. The van der Waals surface area contributed by atoms with Gasteiger partial charge in [0, 0.05) is 6.54 Å². The van der Waals surface area contributed by atoms with E-state index in [0.717, 1.165) is 25.9 Å². The Bertz CT molecular complexity index is 247. The van der Waals surface area contributed by atoms with Crippen molar-refractivity contribution >= 4 is 5.97 Å². The topological polar surface area (TPSA) is 49.3 Å². The summed E-state index contributed by atoms with van der Waals surface area (Å²) in [6, 6.07) is 0. The molecule has 0 spiro atoms. The molecule has 1 aliphatic carbocycles. The lowest BCUT2D eigenvalue weighted by atomic mass is 9.79. The zero-order valence-corrected chi connectivity index (χ0v) is 7.62. The van der Waals surface area contributed by atoms with Crippen LogP contribution < -0.4 is 5.32 Å². The molecule has 3 heteroatoms. The molecule has 0 bridgehead atoms. The second-order valence-electron chi connectivity index (χ2n) is 3.93. The average molecular weight is 181 g/mol. The van der Waals surface area contributed by atoms with Crippen LogP contribution in [0.3, 0.4) is 0 Å². The van der Waals surface area contributed by atoms with Gasteiger partial charge in [-0.15, -0.1) is 0 Å². The SMILES string of the molecule is O=C(O)C1C=C2CNCCC2CC1. The molecular formula is C10H15NO2. The van der Waals surface area contributed by atoms with Gasteiger partial charge in [0.05, 0.1) is 5.92 Å². The van der Waals surface area contributed by atoms with Gasteiger partial charge in [-0.25, -0.2) is 0 Å². The molecule has 2 aliphatic rings. The summed E-state index contributed by atoms with van der Waals surface area (Å²) in [5, 5.41) is 12.1. The molecule has 2 unspecified atom stereocenters. The minimum atomic E-state index is -0.670. The van der Waals surface area contributed by atoms with Gasteiger partial charge in [0.15, 0.2) is 0 Å². The minimum Gasteiger partial charge on any atom is -0.481 e. The van der Waals surface area contributed by atoms with Crippen LogP contribution in [0.5, 0.6) is 0 Å². The monoisotopic (exact) mass is 181 g/mol. The predicted octanol–water partition coefficient (Wildman–Crippen LogP) is 1.02. The summed E-state index contributed by atoms with van der Waals surface area (Å²) < 4.78 is 0. The van der Waals surface area contributed by atoms with E-state index in [2.05, 4.69) is 5.32 Å². The Morgan fingerprint density at radius 1 is 1.46 bits per heavy atom. The number of nitrogens with one attached hydrogen (secondary N) is 1. The Balaban J connectivity index is 2.12. The Kier molecular flexibility index (Phi) is 2.36. The van der Waals surface area contributed by atoms with E-state index < -0.39 is 5.97 Å². The van der Waals surface area contributed by atoms with E-state index in [-0.39, 0.29) is 5.92 Å². The maximum Gasteiger partial charge on any atom is 0.310 e. The van der Waals surface area contributed by atoms with Crippen LogP contribution in [-0.2, 0) is 4.79 Å². The summed E-state index contributed by atoms with van der Waals surface area (Å²) in [4.78, 5) is 10.8. The van der Waals surface area contributed by atoms with Crippen molar-refractivity contribution in [2.45, 2.75) is 19.3 Å². The summed E-state index contributed by atoms with van der Waals surface area (Å²) in [6.07, 6.45) is 5.02. The fraction of sp³-hybridized carbons (Fsp3) is 0.700. The quantitative estimate of drug-likeness (QED) is 0.594. The van der Waals surface area contributed by atoms with Crippen LogP contribution in [0.2, 0.25) is 0 Å². The van der Waals surface area contributed by atoms with Crippen molar-refractivity contribution in [3.05, 3.63) is 11.6 Å². The molecule has 0 aromatic heterocycles. The molecule has 0 aromatic rings. The zero-order valence-electron chi connectivity index (χ0n) is 7.62. The number of carboxylic acid groups (broad SMARTS) is 1. The first-order chi connectivity index (χ1) is 6.27. The van der Waals surface area contributed by atoms with E-state index in [1.165, 1.54) is 12.0 Å². The van der Waals surface area contributed by atoms with Crippen LogP contribution in [0.4, 0.5) is 0 Å². The van der Waals surface area contributed by atoms with Gasteiger partial charge in [0.25, 0.3) is 0 Å². The van der Waals surface area contributed by atoms with Gasteiger partial charge in [-0.05, 0) is 31.7 Å². The summed E-state index contributed by atoms with van der Waals surface area (Å²) in [7, 11) is 0. The van der Waals surface area contributed by atoms with Gasteiger partial charge in [0.2, 0.25) is 0 Å². The Hall–Kier alpha value is -0.830. The van der Waals surface area contributed by atoms with Gasteiger partial charge >= 0.3 is 5.97 Å². The molecule has 0 radical (unpaired) electrons. The zero-order chi connectivity index (χ0) is 9.26. The van der Waals surface area contributed by atoms with E-state index in [9.17, 15) is 4.79 Å². The largest absolute Gasteiger partial charge is 0.481 e. The molecule has 1 aliphatic heterocycles. The van der Waals surface area contributed by atoms with Crippen molar-refractivity contribution in [3.8, 4) is 0 Å². The van der Waals surface area contributed by atoms with Crippen molar-refractivity contribution < 1.29 is 9.90 Å². The fourth-order valence-electron chi connectivity index (χ4n) is 2.28. The van der Waals surface area contributed by atoms with Crippen LogP contribution in [0, 0.1) is 11.8 Å². The molecule has 0 aromatic carbocycles. The number of aliphatic carboxylic acids is 1. The van der Waals surface area contributed by atoms with E-state index in [1.54, 1.807) is 0 Å². The number of piperidine rings is 1. The lowest BCUT2D eigenvalue weighted by molar-refractivity contribution is -0.140. The van der Waals surface area contributed by atoms with Crippen molar-refractivity contribution in [2.24, 2.45) is 11.8 Å². The molecule has 2 rings (SSSR count). The number of rotatable bonds is 1. The normalized spacial score (nSPS) is 33.4. The summed E-state index contributed by atoms with van der Waals surface area (Å²) in [6.45, 7) is 1.98. The van der Waals surface area contributed by atoms with Crippen LogP contribution in [0.25, 0.3) is 0 Å². The number of fused-ring (bicyclic) bond motifs is 1. The van der Waals surface area contributed by atoms with E-state index in [0.29, 0.717) is 5.92 Å². The second kappa shape index (κ2) is 3.50. The molecule has 0 amide bonds. The van der Waals surface area contributed by atoms with Crippen molar-refractivity contribution in [2.75, 3.05) is 13.1 Å². The first-order valence-electron chi connectivity index (χ1n) is 4.91. The average Bonchev–Trinajstić information content (AvgIpc) is 2.17. The molecular weight excluding hydrogens is 166 g/mol. The molecule has 1 saturated heterocycles. The lowest BCUT2D eigenvalue weighted by Gasteiger charge is -2.31. The molecule has 3 nitrogen and oxygen atoms in total. The predicted molar refractivity (Wildman–Crippen MR) is 49.4 cm³/mol. The second-order valence-corrected chi connectivity index (χ2v) is 3.93. The number of carbonyl (C=O) groups is 1. The van der Waals surface area contributed by atoms with Gasteiger partial charge in [0.1, 0.15) is 0 Å². The summed E-state index contributed by atoms with van der Waals surface area (Å²) >= 11 is 0. The Morgan fingerprint density at radius 2 is 2.31 bits per heavy atom. The van der Waals surface area contributed by atoms with Crippen molar-refractivity contribution in [3.63, 3.8) is 0 Å². The highest BCUT2D eigenvalue weighted by Crippen LogP contribution is 2.31. The van der Waals surface area contributed by atoms with E-state index in [1.807, 2.05) is 6.08 Å². The van der Waals surface area contributed by atoms with Crippen LogP contribution in [-0.4, -0.2) is 24.2 Å². The van der Waals surface area contributed by atoms with Crippen LogP contribution in [0.1, 0.15) is 19.3 Å². The molecule has 13 heavy (non-hydrogen) atoms. The smallest absolute Gasteiger partial charge is 0.310 e. The molecule has 1 heterocycles. The fourth-order valence-corrected chi connectivity index (χ4v) is 2.28. The summed E-state index contributed by atoms with van der Waals surface area (Å²) in [5.41, 5.74) is 1.32. The Labute approximate surface area is 77.8 Å². The third-order valence-corrected chi connectivity index (χ3v) is 3.08. The van der Waals surface area contributed by atoms with Gasteiger partial charge in [-0.3, -0.25) is 4.79 Å². The first kappa shape index (κ1) is 8.75. The minimum absolute atomic E-state index is 0.230. The number of carboxylic acids is 1. The standard InChI is InChI=1S/C10H15NO2/c12-10(13)8-2-1-7-3-4-11-6-9(7)5-8/h5,7-8,11H,1-4,6H2,(H,12,13). The molecule has 1 fully saturated rings. The number of hydrogen-bond acceptors (Lipinski definition) is 2. The third-order valence-electron chi connectivity index (χ3n) is 3.08. The maximum atomic E-state index is 10.8. The van der Waals surface area contributed by atoms with Crippen LogP contribution in [0.15, 0.2) is 11.6 Å². The molecule has 2 N–H and O–H groups in total. The van der Waals surface area contributed by atoms with E-state index in [4.69, 9.17) is 5.11 Å². The highest BCUT2D eigenvalue weighted by atomic mass is 16.4. The Morgan fingerprint density at radius 3 is 3.08 bits per heavy atom. The highest BCUT2D eigenvalue weighted by molar-refractivity contribution is 5.72. The third kappa shape index (κ3) is 1.75. The highest BCUT2D eigenvalue weighted by Gasteiger charge is 2.27. The molecule has 0 saturated carbocycles. The van der Waals surface area contributed by atoms with Crippen LogP contribution >= 0.6 is 0 Å². The maximum absolute atomic E-state index is 10.8. The van der Waals surface area contributed by atoms with Gasteiger partial charge in [-0.2, -0.15) is 0 Å². The summed E-state index contributed by atoms with van der Waals surface area (Å²) in [5.74, 6) is -0.237. The van der Waals surface area contributed by atoms with E-state index >= 15 is 0 Å².